The van der Waals surface area contributed by atoms with Crippen LogP contribution in [0.25, 0.3) is 43.9 Å². The number of rotatable bonds is 8. The smallest absolute Gasteiger partial charge is 0.224 e. The van der Waals surface area contributed by atoms with Crippen LogP contribution in [-0.4, -0.2) is 57.1 Å². The van der Waals surface area contributed by atoms with Gasteiger partial charge in [0.1, 0.15) is 17.2 Å². The van der Waals surface area contributed by atoms with Gasteiger partial charge >= 0.3 is 0 Å². The fourth-order valence-corrected chi connectivity index (χ4v) is 7.01. The molecule has 4 N–H and O–H groups in total. The van der Waals surface area contributed by atoms with Crippen molar-refractivity contribution < 1.29 is 25.2 Å². The van der Waals surface area contributed by atoms with Gasteiger partial charge in [0.2, 0.25) is 22.0 Å². The number of ether oxygens (including phenoxy) is 1. The summed E-state index contributed by atoms with van der Waals surface area (Å²) in [6, 6.07) is 19.4. The highest BCUT2D eigenvalue weighted by atomic mass is 32.1. The molecule has 7 aromatic rings. The summed E-state index contributed by atoms with van der Waals surface area (Å²) in [5.41, 5.74) is 6.03. The van der Waals surface area contributed by atoms with Crippen LogP contribution >= 0.6 is 22.7 Å². The lowest BCUT2D eigenvalue weighted by Crippen LogP contribution is -1.97. The summed E-state index contributed by atoms with van der Waals surface area (Å²) in [6.07, 6.45) is 0.285. The van der Waals surface area contributed by atoms with Crippen LogP contribution in [0, 0.1) is 13.8 Å². The van der Waals surface area contributed by atoms with E-state index in [1.165, 1.54) is 32.0 Å². The summed E-state index contributed by atoms with van der Waals surface area (Å²) >= 11 is 2.59. The van der Waals surface area contributed by atoms with E-state index >= 15 is 0 Å². The molecule has 0 bridgehead atoms. The van der Waals surface area contributed by atoms with E-state index in [0.29, 0.717) is 66.6 Å². The first-order chi connectivity index (χ1) is 22.7. The fourth-order valence-electron chi connectivity index (χ4n) is 5.46. The highest BCUT2D eigenvalue weighted by Gasteiger charge is 2.25. The van der Waals surface area contributed by atoms with Crippen molar-refractivity contribution in [2.75, 3.05) is 7.11 Å². The molecule has 236 valence electrons. The Morgan fingerprint density at radius 1 is 0.681 bits per heavy atom. The summed E-state index contributed by atoms with van der Waals surface area (Å²) in [7, 11) is 1.57. The predicted octanol–water partition coefficient (Wildman–Crippen LogP) is 7.01. The van der Waals surface area contributed by atoms with Gasteiger partial charge in [-0.25, -0.2) is 9.97 Å². The predicted molar refractivity (Wildman–Crippen MR) is 180 cm³/mol. The van der Waals surface area contributed by atoms with Crippen molar-refractivity contribution in [3.63, 3.8) is 0 Å². The average molecular weight is 665 g/mol. The van der Waals surface area contributed by atoms with E-state index in [1.54, 1.807) is 61.2 Å². The number of benzene rings is 3. The van der Waals surface area contributed by atoms with Gasteiger partial charge in [-0.15, -0.1) is 22.7 Å². The van der Waals surface area contributed by atoms with E-state index in [4.69, 9.17) is 4.74 Å². The Morgan fingerprint density at radius 3 is 1.81 bits per heavy atom. The lowest BCUT2D eigenvalue weighted by Gasteiger charge is -2.12. The topological polar surface area (TPSA) is 152 Å². The second kappa shape index (κ2) is 11.9. The van der Waals surface area contributed by atoms with E-state index in [-0.39, 0.29) is 29.7 Å². The third kappa shape index (κ3) is 5.34. The molecule has 3 aromatic carbocycles. The van der Waals surface area contributed by atoms with E-state index in [1.807, 2.05) is 37.3 Å². The van der Waals surface area contributed by atoms with Gasteiger partial charge in [-0.3, -0.25) is 0 Å². The second-order valence-electron chi connectivity index (χ2n) is 10.8. The Bertz CT molecular complexity index is 2270. The van der Waals surface area contributed by atoms with Crippen LogP contribution in [0.15, 0.2) is 77.5 Å². The molecule has 0 unspecified atom stereocenters. The van der Waals surface area contributed by atoms with Crippen molar-refractivity contribution in [3.8, 4) is 72.9 Å². The number of hydrogen-bond donors (Lipinski definition) is 4. The van der Waals surface area contributed by atoms with Crippen molar-refractivity contribution in [2.45, 2.75) is 20.3 Å². The monoisotopic (exact) mass is 664 g/mol. The van der Waals surface area contributed by atoms with Gasteiger partial charge in [-0.05, 0) is 61.4 Å². The second-order valence-corrected chi connectivity index (χ2v) is 12.4. The van der Waals surface area contributed by atoms with Gasteiger partial charge in [0, 0.05) is 33.9 Å². The van der Waals surface area contributed by atoms with Gasteiger partial charge < -0.3 is 25.2 Å². The normalized spacial score (nSPS) is 11.3. The number of aromatic nitrogens is 6. The minimum Gasteiger partial charge on any atom is -0.507 e. The number of methoxy groups -OCH3 is 1. The maximum Gasteiger partial charge on any atom is 0.224 e. The van der Waals surface area contributed by atoms with Crippen LogP contribution in [0.5, 0.6) is 29.0 Å². The minimum atomic E-state index is -0.105. The molecule has 0 saturated heterocycles. The van der Waals surface area contributed by atoms with Gasteiger partial charge in [0.15, 0.2) is 0 Å². The van der Waals surface area contributed by atoms with Gasteiger partial charge in [0.25, 0.3) is 0 Å². The molecule has 13 heteroatoms. The number of aryl methyl sites for hydroxylation is 2. The van der Waals surface area contributed by atoms with Crippen LogP contribution in [0.4, 0.5) is 0 Å². The number of aromatic hydroxyl groups is 4. The number of thiazole rings is 2. The number of nitrogens with zero attached hydrogens (tertiary/aromatic N) is 6. The quantitative estimate of drug-likeness (QED) is 0.134. The maximum atomic E-state index is 11.6. The largest absolute Gasteiger partial charge is 0.507 e. The Balaban J connectivity index is 1.25. The third-order valence-corrected chi connectivity index (χ3v) is 9.49. The molecule has 0 atom stereocenters. The molecule has 4 aromatic heterocycles. The summed E-state index contributed by atoms with van der Waals surface area (Å²) < 4.78 is 8.32. The lowest BCUT2D eigenvalue weighted by atomic mass is 9.94. The zero-order valence-corrected chi connectivity index (χ0v) is 27.0. The highest BCUT2D eigenvalue weighted by Crippen LogP contribution is 2.41. The van der Waals surface area contributed by atoms with Crippen LogP contribution in [-0.2, 0) is 6.42 Å². The molecule has 47 heavy (non-hydrogen) atoms. The Hall–Kier alpha value is -5.66. The minimum absolute atomic E-state index is 0.0569. The average Bonchev–Trinajstić information content (AvgIpc) is 3.86. The maximum absolute atomic E-state index is 11.6. The molecule has 4 heterocycles. The van der Waals surface area contributed by atoms with Crippen molar-refractivity contribution in [3.05, 3.63) is 100 Å². The number of phenolic OH excluding ortho intramolecular Hbond substituents is 2. The Labute approximate surface area is 276 Å². The van der Waals surface area contributed by atoms with Crippen LogP contribution in [0.2, 0.25) is 0 Å². The molecule has 0 fully saturated rings. The van der Waals surface area contributed by atoms with Crippen LogP contribution < -0.4 is 4.74 Å². The molecule has 0 aliphatic carbocycles. The molecule has 0 aliphatic heterocycles. The molecule has 0 saturated carbocycles. The molecule has 0 spiro atoms. The first-order valence-electron chi connectivity index (χ1n) is 14.4. The van der Waals surface area contributed by atoms with E-state index in [2.05, 4.69) is 20.2 Å². The standard InChI is InChI=1S/C34H28N6O5S2/c1-18-24(31(43)39(37-18)33-35-26(16-46-33)22-8-4-6-10-28(22)41)14-20-12-13-21(45-3)15-25(20)30-19(2)38-40(32(30)44)34-36-27(17-47-34)23-9-5-7-11-29(23)42/h4-13,15-17,41-44H,14H2,1-3H3. The van der Waals surface area contributed by atoms with Gasteiger partial charge in [-0.2, -0.15) is 19.6 Å². The molecule has 0 amide bonds. The number of phenols is 2. The molecule has 0 aliphatic rings. The zero-order chi connectivity index (χ0) is 32.8. The summed E-state index contributed by atoms with van der Waals surface area (Å²) in [6.45, 7) is 3.62. The molecule has 7 rings (SSSR count). The van der Waals surface area contributed by atoms with Crippen molar-refractivity contribution in [1.29, 1.82) is 0 Å². The first-order valence-corrected chi connectivity index (χ1v) is 16.2. The summed E-state index contributed by atoms with van der Waals surface area (Å²) in [5.74, 6) is 0.651. The molecular formula is C34H28N6O5S2. The highest BCUT2D eigenvalue weighted by molar-refractivity contribution is 7.12. The summed E-state index contributed by atoms with van der Waals surface area (Å²) in [5, 5.41) is 57.3. The zero-order valence-electron chi connectivity index (χ0n) is 25.4. The molecule has 11 nitrogen and oxygen atoms in total. The van der Waals surface area contributed by atoms with E-state index in [9.17, 15) is 20.4 Å². The van der Waals surface area contributed by atoms with E-state index < -0.39 is 0 Å². The van der Waals surface area contributed by atoms with Crippen molar-refractivity contribution in [1.82, 2.24) is 29.5 Å². The fraction of sp³-hybridized carbons (Fsp3) is 0.118. The van der Waals surface area contributed by atoms with Gasteiger partial charge in [0.05, 0.1) is 35.4 Å². The van der Waals surface area contributed by atoms with Crippen molar-refractivity contribution >= 4 is 22.7 Å². The third-order valence-electron chi connectivity index (χ3n) is 7.85. The number of para-hydroxylation sites is 2. The lowest BCUT2D eigenvalue weighted by molar-refractivity contribution is 0.414. The van der Waals surface area contributed by atoms with Crippen LogP contribution in [0.1, 0.15) is 22.5 Å². The molecule has 0 radical (unpaired) electrons. The van der Waals surface area contributed by atoms with Crippen LogP contribution in [0.3, 0.4) is 0 Å². The SMILES string of the molecule is COc1ccc(Cc2c(C)nn(-c3nc(-c4ccccc4O)cs3)c2O)c(-c2c(C)nn(-c3nc(-c4ccccc4O)cs3)c2O)c1. The molecular weight excluding hydrogens is 637 g/mol. The summed E-state index contributed by atoms with van der Waals surface area (Å²) in [4.78, 5) is 9.26. The Morgan fingerprint density at radius 2 is 1.23 bits per heavy atom. The number of hydrogen-bond acceptors (Lipinski definition) is 11. The Kier molecular flexibility index (Phi) is 7.62. The van der Waals surface area contributed by atoms with E-state index in [0.717, 1.165) is 5.56 Å². The van der Waals surface area contributed by atoms with Gasteiger partial charge in [-0.1, -0.05) is 30.3 Å². The van der Waals surface area contributed by atoms with Crippen molar-refractivity contribution in [2.24, 2.45) is 0 Å². The first kappa shape index (κ1) is 30.0.